The molecule has 1 aliphatic heterocycles. The van der Waals surface area contributed by atoms with Gasteiger partial charge in [0.1, 0.15) is 5.57 Å². The van der Waals surface area contributed by atoms with Gasteiger partial charge in [-0.3, -0.25) is 14.9 Å². The van der Waals surface area contributed by atoms with E-state index in [1.165, 1.54) is 24.3 Å². The van der Waals surface area contributed by atoms with E-state index >= 15 is 0 Å². The number of carbonyl (C=O) groups excluding carboxylic acids is 3. The summed E-state index contributed by atoms with van der Waals surface area (Å²) in [6, 6.07) is 10.5. The summed E-state index contributed by atoms with van der Waals surface area (Å²) < 4.78 is 0.794. The fourth-order valence-corrected chi connectivity index (χ4v) is 2.99. The Morgan fingerprint density at radius 1 is 1.00 bits per heavy atom. The fourth-order valence-electron chi connectivity index (χ4n) is 2.28. The number of rotatable bonds is 2. The lowest BCUT2D eigenvalue weighted by molar-refractivity contribution is -0.122. The third kappa shape index (κ3) is 3.61. The molecule has 0 spiro atoms. The quantitative estimate of drug-likeness (QED) is 0.556. The second-order valence-corrected chi connectivity index (χ2v) is 6.84. The van der Waals surface area contributed by atoms with Gasteiger partial charge in [-0.2, -0.15) is 0 Å². The van der Waals surface area contributed by atoms with E-state index in [4.69, 9.17) is 23.2 Å². The largest absolute Gasteiger partial charge is 0.335 e. The maximum atomic E-state index is 12.7. The topological polar surface area (TPSA) is 66.5 Å². The Bertz CT molecular complexity index is 943. The summed E-state index contributed by atoms with van der Waals surface area (Å²) >= 11 is 15.1. The van der Waals surface area contributed by atoms with Crippen molar-refractivity contribution in [3.05, 3.63) is 68.1 Å². The molecule has 1 saturated heterocycles. The third-order valence-electron chi connectivity index (χ3n) is 3.42. The molecule has 0 bridgehead atoms. The van der Waals surface area contributed by atoms with Gasteiger partial charge in [-0.05, 0) is 42.0 Å². The number of anilines is 1. The van der Waals surface area contributed by atoms with Crippen LogP contribution in [0.15, 0.2) is 52.5 Å². The lowest BCUT2D eigenvalue weighted by Gasteiger charge is -2.26. The van der Waals surface area contributed by atoms with E-state index in [1.807, 2.05) is 6.07 Å². The van der Waals surface area contributed by atoms with E-state index in [0.717, 1.165) is 9.37 Å². The van der Waals surface area contributed by atoms with E-state index in [1.54, 1.807) is 18.2 Å². The molecule has 126 valence electrons. The van der Waals surface area contributed by atoms with Gasteiger partial charge in [-0.1, -0.05) is 51.3 Å². The minimum absolute atomic E-state index is 0.163. The Balaban J connectivity index is 2.03. The maximum Gasteiger partial charge on any atom is 0.335 e. The van der Waals surface area contributed by atoms with Crippen LogP contribution in [0.3, 0.4) is 0 Å². The highest BCUT2D eigenvalue weighted by molar-refractivity contribution is 9.10. The van der Waals surface area contributed by atoms with Crippen LogP contribution in [0.4, 0.5) is 10.5 Å². The van der Waals surface area contributed by atoms with Crippen LogP contribution in [0.1, 0.15) is 5.56 Å². The molecule has 3 rings (SSSR count). The van der Waals surface area contributed by atoms with Gasteiger partial charge >= 0.3 is 6.03 Å². The molecule has 8 heteroatoms. The van der Waals surface area contributed by atoms with Gasteiger partial charge in [0.25, 0.3) is 11.8 Å². The van der Waals surface area contributed by atoms with E-state index < -0.39 is 17.8 Å². The first kappa shape index (κ1) is 17.7. The summed E-state index contributed by atoms with van der Waals surface area (Å²) in [4.78, 5) is 37.8. The minimum Gasteiger partial charge on any atom is -0.273 e. The zero-order chi connectivity index (χ0) is 18.1. The number of halogens is 3. The molecule has 2 aromatic rings. The fraction of sp³-hybridized carbons (Fsp3) is 0. The smallest absolute Gasteiger partial charge is 0.273 e. The first-order valence-electron chi connectivity index (χ1n) is 6.99. The summed E-state index contributed by atoms with van der Waals surface area (Å²) in [6.45, 7) is 0. The molecular weight excluding hydrogens is 431 g/mol. The van der Waals surface area contributed by atoms with Crippen LogP contribution in [0, 0.1) is 0 Å². The first-order valence-corrected chi connectivity index (χ1v) is 8.54. The number of barbiturate groups is 1. The van der Waals surface area contributed by atoms with E-state index in [2.05, 4.69) is 21.2 Å². The van der Waals surface area contributed by atoms with Crippen LogP contribution in [0.5, 0.6) is 0 Å². The normalized spacial score (nSPS) is 16.4. The molecule has 1 heterocycles. The summed E-state index contributed by atoms with van der Waals surface area (Å²) in [5.74, 6) is -1.50. The zero-order valence-electron chi connectivity index (χ0n) is 12.4. The van der Waals surface area contributed by atoms with Crippen LogP contribution < -0.4 is 10.2 Å². The Labute approximate surface area is 161 Å². The van der Waals surface area contributed by atoms with Crippen LogP contribution >= 0.6 is 39.1 Å². The highest BCUT2D eigenvalue weighted by atomic mass is 79.9. The molecule has 0 unspecified atom stereocenters. The van der Waals surface area contributed by atoms with Crippen molar-refractivity contribution in [3.8, 4) is 0 Å². The number of amides is 4. The maximum absolute atomic E-state index is 12.7. The van der Waals surface area contributed by atoms with Crippen LogP contribution in [0.2, 0.25) is 10.0 Å². The molecule has 0 aliphatic carbocycles. The molecule has 5 nitrogen and oxygen atoms in total. The number of imide groups is 2. The highest BCUT2D eigenvalue weighted by Gasteiger charge is 2.36. The first-order chi connectivity index (χ1) is 11.9. The van der Waals surface area contributed by atoms with Gasteiger partial charge in [-0.25, -0.2) is 9.69 Å². The summed E-state index contributed by atoms with van der Waals surface area (Å²) in [5.41, 5.74) is 0.685. The molecule has 0 atom stereocenters. The molecule has 25 heavy (non-hydrogen) atoms. The molecule has 0 radical (unpaired) electrons. The monoisotopic (exact) mass is 438 g/mol. The predicted octanol–water partition coefficient (Wildman–Crippen LogP) is 4.42. The van der Waals surface area contributed by atoms with Crippen molar-refractivity contribution < 1.29 is 14.4 Å². The Morgan fingerprint density at radius 2 is 1.76 bits per heavy atom. The van der Waals surface area contributed by atoms with Crippen molar-refractivity contribution in [2.24, 2.45) is 0 Å². The van der Waals surface area contributed by atoms with Gasteiger partial charge in [0.05, 0.1) is 15.7 Å². The highest BCUT2D eigenvalue weighted by Crippen LogP contribution is 2.29. The standard InChI is InChI=1S/C17H9BrCl2N2O3/c18-10-3-1-2-9(6-10)7-12-15(23)21-17(25)22(16(12)24)11-4-5-13(19)14(20)8-11/h1-8H,(H,21,23,25)/b12-7-. The Morgan fingerprint density at radius 3 is 2.44 bits per heavy atom. The molecule has 4 amide bonds. The van der Waals surface area contributed by atoms with Gasteiger partial charge in [0.2, 0.25) is 0 Å². The molecule has 1 fully saturated rings. The van der Waals surface area contributed by atoms with E-state index in [9.17, 15) is 14.4 Å². The van der Waals surface area contributed by atoms with Gasteiger partial charge < -0.3 is 0 Å². The van der Waals surface area contributed by atoms with Crippen molar-refractivity contribution in [1.29, 1.82) is 0 Å². The molecule has 1 N–H and O–H groups in total. The molecule has 0 saturated carbocycles. The summed E-state index contributed by atoms with van der Waals surface area (Å²) in [5, 5.41) is 2.63. The number of nitrogens with zero attached hydrogens (tertiary/aromatic N) is 1. The van der Waals surface area contributed by atoms with Crippen molar-refractivity contribution in [1.82, 2.24) is 5.32 Å². The van der Waals surface area contributed by atoms with Crippen LogP contribution in [-0.4, -0.2) is 17.8 Å². The predicted molar refractivity (Wildman–Crippen MR) is 99.6 cm³/mol. The molecule has 0 aromatic heterocycles. The number of urea groups is 1. The molecule has 2 aromatic carbocycles. The van der Waals surface area contributed by atoms with Gasteiger partial charge in [0.15, 0.2) is 0 Å². The van der Waals surface area contributed by atoms with Crippen molar-refractivity contribution in [2.45, 2.75) is 0 Å². The molecule has 1 aliphatic rings. The summed E-state index contributed by atoms with van der Waals surface area (Å²) in [7, 11) is 0. The Kier molecular flexibility index (Phi) is 4.94. The van der Waals surface area contributed by atoms with Crippen LogP contribution in [0.25, 0.3) is 6.08 Å². The SMILES string of the molecule is O=C1NC(=O)N(c2ccc(Cl)c(Cl)c2)C(=O)/C1=C\c1cccc(Br)c1. The average Bonchev–Trinajstić information content (AvgIpc) is 2.55. The van der Waals surface area contributed by atoms with E-state index in [-0.39, 0.29) is 21.3 Å². The number of nitrogens with one attached hydrogen (secondary N) is 1. The lowest BCUT2D eigenvalue weighted by atomic mass is 10.1. The van der Waals surface area contributed by atoms with Crippen molar-refractivity contribution in [3.63, 3.8) is 0 Å². The number of hydrogen-bond donors (Lipinski definition) is 1. The average molecular weight is 440 g/mol. The lowest BCUT2D eigenvalue weighted by Crippen LogP contribution is -2.54. The number of hydrogen-bond acceptors (Lipinski definition) is 3. The Hall–Kier alpha value is -2.15. The molecular formula is C17H9BrCl2N2O3. The second-order valence-electron chi connectivity index (χ2n) is 5.11. The minimum atomic E-state index is -0.847. The zero-order valence-corrected chi connectivity index (χ0v) is 15.5. The van der Waals surface area contributed by atoms with Crippen molar-refractivity contribution >= 4 is 68.7 Å². The number of carbonyl (C=O) groups is 3. The van der Waals surface area contributed by atoms with Gasteiger partial charge in [0, 0.05) is 4.47 Å². The van der Waals surface area contributed by atoms with Gasteiger partial charge in [-0.15, -0.1) is 0 Å². The van der Waals surface area contributed by atoms with Crippen molar-refractivity contribution in [2.75, 3.05) is 4.90 Å². The number of benzene rings is 2. The van der Waals surface area contributed by atoms with Crippen LogP contribution in [-0.2, 0) is 9.59 Å². The second kappa shape index (κ2) is 7.00. The van der Waals surface area contributed by atoms with E-state index in [0.29, 0.717) is 5.56 Å². The third-order valence-corrected chi connectivity index (χ3v) is 4.66. The summed E-state index contributed by atoms with van der Waals surface area (Å²) in [6.07, 6.45) is 1.42.